The monoisotopic (exact) mass is 694 g/mol. The van der Waals surface area contributed by atoms with E-state index in [0.717, 1.165) is 5.56 Å². The van der Waals surface area contributed by atoms with E-state index < -0.39 is 42.1 Å². The minimum atomic E-state index is -3.63. The van der Waals surface area contributed by atoms with Crippen LogP contribution in [0.3, 0.4) is 0 Å². The molecule has 2 atom stereocenters. The maximum atomic E-state index is 12.6. The number of ether oxygens (including phenoxy) is 3. The Morgan fingerprint density at radius 2 is 1.04 bits per heavy atom. The van der Waals surface area contributed by atoms with Gasteiger partial charge in [-0.05, 0) is 53.8 Å². The number of methoxy groups -OCH3 is 2. The van der Waals surface area contributed by atoms with Crippen molar-refractivity contribution in [3.8, 4) is 11.5 Å². The Morgan fingerprint density at radius 1 is 0.638 bits per heavy atom. The van der Waals surface area contributed by atoms with E-state index in [1.54, 1.807) is 24.3 Å². The molecule has 0 amide bonds. The van der Waals surface area contributed by atoms with Gasteiger partial charge in [-0.3, -0.25) is 9.59 Å². The number of hydrogen-bond acceptors (Lipinski definition) is 10. The van der Waals surface area contributed by atoms with Crippen molar-refractivity contribution in [2.24, 2.45) is 0 Å². The SMILES string of the molecule is C.C.CCCC(C(=O)OC)S(=O)(=O)Cc1ccc(O)cc1.CCCC(C(=O)OC)S(=O)(=O)Cc1ccc(OCc2ccccc2)cc1. The van der Waals surface area contributed by atoms with Crippen LogP contribution in [0.2, 0.25) is 0 Å². The number of sulfone groups is 2. The summed E-state index contributed by atoms with van der Waals surface area (Å²) in [5.74, 6) is -1.14. The summed E-state index contributed by atoms with van der Waals surface area (Å²) in [4.78, 5) is 23.3. The van der Waals surface area contributed by atoms with Crippen molar-refractivity contribution in [2.75, 3.05) is 14.2 Å². The lowest BCUT2D eigenvalue weighted by atomic mass is 10.2. The minimum Gasteiger partial charge on any atom is -0.508 e. The lowest BCUT2D eigenvalue weighted by molar-refractivity contribution is -0.141. The summed E-state index contributed by atoms with van der Waals surface area (Å²) >= 11 is 0. The van der Waals surface area contributed by atoms with Gasteiger partial charge in [-0.15, -0.1) is 0 Å². The van der Waals surface area contributed by atoms with E-state index in [0.29, 0.717) is 36.3 Å². The van der Waals surface area contributed by atoms with Crippen molar-refractivity contribution in [1.82, 2.24) is 0 Å². The molecule has 10 nitrogen and oxygen atoms in total. The predicted octanol–water partition coefficient (Wildman–Crippen LogP) is 6.44. The number of carbonyl (C=O) groups excluding carboxylic acids is 2. The number of phenols is 1. The number of esters is 2. The molecule has 0 aliphatic heterocycles. The number of rotatable bonds is 15. The molecule has 0 spiro atoms. The van der Waals surface area contributed by atoms with Crippen molar-refractivity contribution < 1.29 is 45.7 Å². The molecule has 0 aliphatic carbocycles. The second-order valence-corrected chi connectivity index (χ2v) is 14.7. The summed E-state index contributed by atoms with van der Waals surface area (Å²) in [7, 11) is -4.86. The zero-order valence-electron chi connectivity index (χ0n) is 26.0. The quantitative estimate of drug-likeness (QED) is 0.176. The summed E-state index contributed by atoms with van der Waals surface area (Å²) < 4.78 is 64.4. The molecular weight excluding hydrogens is 645 g/mol. The van der Waals surface area contributed by atoms with E-state index in [1.807, 2.05) is 44.2 Å². The summed E-state index contributed by atoms with van der Waals surface area (Å²) in [6.45, 7) is 4.09. The van der Waals surface area contributed by atoms with Crippen LogP contribution in [0.1, 0.15) is 71.1 Å². The third-order valence-corrected chi connectivity index (χ3v) is 10.8. The molecule has 3 aromatic carbocycles. The standard InChI is InChI=1S/C20H24O5S.C13H18O5S.2CH4/c1-3-7-19(20(21)24-2)26(22,23)15-17-10-12-18(13-11-17)25-14-16-8-5-4-6-9-16;1-3-4-12(13(15)18-2)19(16,17)9-10-5-7-11(14)8-6-10;;/h4-6,8-13,19H,3,7,14-15H2,1-2H3;5-8,12,14H,3-4,9H2,1-2H3;2*1H4. The molecule has 262 valence electrons. The second-order valence-electron chi connectivity index (χ2n) is 10.3. The van der Waals surface area contributed by atoms with Gasteiger partial charge in [-0.1, -0.05) is 96.1 Å². The molecular formula is C35H50O10S2. The Labute approximate surface area is 280 Å². The van der Waals surface area contributed by atoms with Crippen LogP contribution in [0.25, 0.3) is 0 Å². The zero-order valence-corrected chi connectivity index (χ0v) is 27.7. The molecule has 0 aliphatic rings. The average molecular weight is 695 g/mol. The first-order valence-electron chi connectivity index (χ1n) is 14.5. The van der Waals surface area contributed by atoms with E-state index in [2.05, 4.69) is 9.47 Å². The smallest absolute Gasteiger partial charge is 0.324 e. The molecule has 2 unspecified atom stereocenters. The van der Waals surface area contributed by atoms with Gasteiger partial charge in [-0.25, -0.2) is 16.8 Å². The van der Waals surface area contributed by atoms with Crippen molar-refractivity contribution in [1.29, 1.82) is 0 Å². The fourth-order valence-corrected chi connectivity index (χ4v) is 8.04. The second kappa shape index (κ2) is 21.1. The number of phenolic OH excluding ortho intramolecular Hbond substituents is 1. The normalized spacial score (nSPS) is 12.1. The van der Waals surface area contributed by atoms with Crippen molar-refractivity contribution >= 4 is 31.6 Å². The highest BCUT2D eigenvalue weighted by Crippen LogP contribution is 2.21. The van der Waals surface area contributed by atoms with E-state index in [1.165, 1.54) is 38.5 Å². The molecule has 0 bridgehead atoms. The summed E-state index contributed by atoms with van der Waals surface area (Å²) in [6, 6.07) is 22.5. The Hall–Kier alpha value is -3.90. The highest BCUT2D eigenvalue weighted by molar-refractivity contribution is 7.92. The van der Waals surface area contributed by atoms with Gasteiger partial charge in [0.15, 0.2) is 30.2 Å². The Kier molecular flexibility index (Phi) is 19.3. The van der Waals surface area contributed by atoms with Gasteiger partial charge < -0.3 is 19.3 Å². The van der Waals surface area contributed by atoms with Gasteiger partial charge in [-0.2, -0.15) is 0 Å². The fourth-order valence-electron chi connectivity index (χ4n) is 4.36. The maximum absolute atomic E-state index is 12.6. The van der Waals surface area contributed by atoms with Crippen LogP contribution in [0, 0.1) is 0 Å². The van der Waals surface area contributed by atoms with Crippen LogP contribution in [-0.4, -0.2) is 58.6 Å². The lowest BCUT2D eigenvalue weighted by Crippen LogP contribution is -2.32. The number of aromatic hydroxyl groups is 1. The van der Waals surface area contributed by atoms with Gasteiger partial charge in [0.05, 0.1) is 25.7 Å². The van der Waals surface area contributed by atoms with E-state index in [-0.39, 0.29) is 45.0 Å². The molecule has 3 rings (SSSR count). The maximum Gasteiger partial charge on any atom is 0.324 e. The third-order valence-electron chi connectivity index (χ3n) is 6.74. The van der Waals surface area contributed by atoms with E-state index in [4.69, 9.17) is 9.84 Å². The molecule has 0 saturated carbocycles. The van der Waals surface area contributed by atoms with Gasteiger partial charge in [0.25, 0.3) is 0 Å². The van der Waals surface area contributed by atoms with Crippen molar-refractivity contribution in [3.63, 3.8) is 0 Å². The lowest BCUT2D eigenvalue weighted by Gasteiger charge is -2.15. The van der Waals surface area contributed by atoms with Crippen LogP contribution in [0.15, 0.2) is 78.9 Å². The molecule has 0 saturated heterocycles. The van der Waals surface area contributed by atoms with Crippen LogP contribution in [-0.2, 0) is 56.8 Å². The number of benzene rings is 3. The largest absolute Gasteiger partial charge is 0.508 e. The molecule has 0 radical (unpaired) electrons. The Balaban J connectivity index is 0.000000904. The molecule has 3 aromatic rings. The Bertz CT molecular complexity index is 1550. The Morgan fingerprint density at radius 3 is 1.43 bits per heavy atom. The highest BCUT2D eigenvalue weighted by Gasteiger charge is 2.33. The predicted molar refractivity (Wildman–Crippen MR) is 185 cm³/mol. The molecule has 0 aromatic heterocycles. The molecule has 0 fully saturated rings. The third kappa shape index (κ3) is 14.2. The zero-order chi connectivity index (χ0) is 33.5. The minimum absolute atomic E-state index is 0. The first-order chi connectivity index (χ1) is 21.4. The summed E-state index contributed by atoms with van der Waals surface area (Å²) in [5.41, 5.74) is 2.20. The van der Waals surface area contributed by atoms with Crippen LogP contribution in [0.5, 0.6) is 11.5 Å². The van der Waals surface area contributed by atoms with Gasteiger partial charge in [0.2, 0.25) is 0 Å². The van der Waals surface area contributed by atoms with Crippen LogP contribution >= 0.6 is 0 Å². The van der Waals surface area contributed by atoms with Crippen molar-refractivity contribution in [3.05, 3.63) is 95.6 Å². The van der Waals surface area contributed by atoms with Crippen LogP contribution < -0.4 is 4.74 Å². The average Bonchev–Trinajstić information content (AvgIpc) is 3.03. The fraction of sp³-hybridized carbons (Fsp3) is 0.429. The number of carbonyl (C=O) groups is 2. The van der Waals surface area contributed by atoms with E-state index in [9.17, 15) is 26.4 Å². The van der Waals surface area contributed by atoms with Crippen LogP contribution in [0.4, 0.5) is 0 Å². The number of hydrogen-bond donors (Lipinski definition) is 1. The van der Waals surface area contributed by atoms with Crippen molar-refractivity contribution in [2.45, 2.75) is 83.0 Å². The summed E-state index contributed by atoms with van der Waals surface area (Å²) in [6.07, 6.45) is 1.67. The van der Waals surface area contributed by atoms with Gasteiger partial charge in [0.1, 0.15) is 18.1 Å². The topological polar surface area (TPSA) is 150 Å². The first-order valence-corrected chi connectivity index (χ1v) is 17.9. The van der Waals surface area contributed by atoms with E-state index >= 15 is 0 Å². The molecule has 47 heavy (non-hydrogen) atoms. The molecule has 1 N–H and O–H groups in total. The summed E-state index contributed by atoms with van der Waals surface area (Å²) in [5, 5.41) is 6.90. The first kappa shape index (κ1) is 43.1. The molecule has 0 heterocycles. The van der Waals surface area contributed by atoms with Gasteiger partial charge in [0, 0.05) is 0 Å². The van der Waals surface area contributed by atoms with Gasteiger partial charge >= 0.3 is 11.9 Å². The molecule has 12 heteroatoms. The highest BCUT2D eigenvalue weighted by atomic mass is 32.2.